The van der Waals surface area contributed by atoms with Crippen LogP contribution in [-0.4, -0.2) is 71.9 Å². The highest BCUT2D eigenvalue weighted by molar-refractivity contribution is 5.90. The lowest BCUT2D eigenvalue weighted by Crippen LogP contribution is -2.50. The number of ether oxygens (including phenoxy) is 1. The van der Waals surface area contributed by atoms with E-state index in [2.05, 4.69) is 16.7 Å². The average molecular weight is 489 g/mol. The molecule has 0 aliphatic heterocycles. The smallest absolute Gasteiger partial charge is 0.410 e. The van der Waals surface area contributed by atoms with Crippen molar-refractivity contribution in [1.82, 2.24) is 20.4 Å². The zero-order valence-corrected chi connectivity index (χ0v) is 21.8. The molecule has 1 aliphatic carbocycles. The maximum Gasteiger partial charge on any atom is 0.410 e. The Morgan fingerprint density at radius 3 is 2.51 bits per heavy atom. The molecule has 1 aromatic carbocycles. The van der Waals surface area contributed by atoms with Crippen molar-refractivity contribution in [3.63, 3.8) is 0 Å². The molecule has 0 saturated heterocycles. The van der Waals surface area contributed by atoms with Crippen LogP contribution in [0.1, 0.15) is 71.0 Å². The molecular weight excluding hydrogens is 448 g/mol. The molecule has 2 rings (SSSR count). The van der Waals surface area contributed by atoms with Crippen LogP contribution in [0.4, 0.5) is 4.79 Å². The highest BCUT2D eigenvalue weighted by atomic mass is 16.6. The van der Waals surface area contributed by atoms with Crippen molar-refractivity contribution in [2.45, 2.75) is 78.0 Å². The molecule has 0 radical (unpaired) electrons. The molecule has 0 fully saturated rings. The van der Waals surface area contributed by atoms with E-state index in [1.165, 1.54) is 22.4 Å². The molecular formula is C26H40N4O5. The van der Waals surface area contributed by atoms with Crippen molar-refractivity contribution in [3.8, 4) is 0 Å². The van der Waals surface area contributed by atoms with Gasteiger partial charge in [-0.3, -0.25) is 19.3 Å². The van der Waals surface area contributed by atoms with Gasteiger partial charge in [-0.25, -0.2) is 4.79 Å². The van der Waals surface area contributed by atoms with E-state index in [0.29, 0.717) is 13.0 Å². The van der Waals surface area contributed by atoms with Crippen LogP contribution in [-0.2, 0) is 25.5 Å². The summed E-state index contributed by atoms with van der Waals surface area (Å²) in [5.41, 5.74) is 1.70. The highest BCUT2D eigenvalue weighted by Crippen LogP contribution is 2.29. The maximum absolute atomic E-state index is 12.8. The SMILES string of the molecule is CCCN(CC(=O)NC1CCCc2ccccc21)C(=O)CNC(=O)C(C)N(C)C(=O)OC(C)(C)C. The number of aryl methyl sites for hydroxylation is 1. The Morgan fingerprint density at radius 2 is 1.86 bits per heavy atom. The molecule has 2 N–H and O–H groups in total. The first-order valence-corrected chi connectivity index (χ1v) is 12.3. The van der Waals surface area contributed by atoms with Gasteiger partial charge in [-0.05, 0) is 64.5 Å². The Balaban J connectivity index is 1.90. The lowest BCUT2D eigenvalue weighted by atomic mass is 9.88. The number of rotatable bonds is 9. The summed E-state index contributed by atoms with van der Waals surface area (Å²) in [6, 6.07) is 7.22. The number of nitrogens with zero attached hydrogens (tertiary/aromatic N) is 2. The molecule has 2 atom stereocenters. The zero-order valence-electron chi connectivity index (χ0n) is 21.8. The Morgan fingerprint density at radius 1 is 1.17 bits per heavy atom. The highest BCUT2D eigenvalue weighted by Gasteiger charge is 2.28. The number of carbonyl (C=O) groups excluding carboxylic acids is 4. The predicted molar refractivity (Wildman–Crippen MR) is 134 cm³/mol. The van der Waals surface area contributed by atoms with Crippen LogP contribution in [0.3, 0.4) is 0 Å². The summed E-state index contributed by atoms with van der Waals surface area (Å²) in [5.74, 6) is -1.06. The molecule has 0 heterocycles. The van der Waals surface area contributed by atoms with Crippen molar-refractivity contribution in [1.29, 1.82) is 0 Å². The van der Waals surface area contributed by atoms with Crippen molar-refractivity contribution < 1.29 is 23.9 Å². The maximum atomic E-state index is 12.8. The first-order chi connectivity index (χ1) is 16.4. The summed E-state index contributed by atoms with van der Waals surface area (Å²) in [6.45, 7) is 8.78. The summed E-state index contributed by atoms with van der Waals surface area (Å²) in [7, 11) is 1.47. The van der Waals surface area contributed by atoms with Gasteiger partial charge in [0.15, 0.2) is 0 Å². The quantitative estimate of drug-likeness (QED) is 0.556. The third-order valence-electron chi connectivity index (χ3n) is 5.94. The van der Waals surface area contributed by atoms with Crippen LogP contribution in [0.2, 0.25) is 0 Å². The number of carbonyl (C=O) groups is 4. The summed E-state index contributed by atoms with van der Waals surface area (Å²) in [6.07, 6.45) is 2.92. The lowest BCUT2D eigenvalue weighted by Gasteiger charge is -2.29. The minimum Gasteiger partial charge on any atom is -0.444 e. The van der Waals surface area contributed by atoms with E-state index < -0.39 is 23.6 Å². The predicted octanol–water partition coefficient (Wildman–Crippen LogP) is 2.79. The van der Waals surface area contributed by atoms with Crippen LogP contribution in [0, 0.1) is 0 Å². The van der Waals surface area contributed by atoms with Gasteiger partial charge in [0.05, 0.1) is 19.1 Å². The van der Waals surface area contributed by atoms with E-state index in [1.54, 1.807) is 27.7 Å². The van der Waals surface area contributed by atoms with Gasteiger partial charge in [0.1, 0.15) is 11.6 Å². The van der Waals surface area contributed by atoms with E-state index in [1.807, 2.05) is 25.1 Å². The minimum atomic E-state index is -0.827. The summed E-state index contributed by atoms with van der Waals surface area (Å²) in [5, 5.41) is 5.65. The molecule has 4 amide bonds. The van der Waals surface area contributed by atoms with Crippen LogP contribution in [0.25, 0.3) is 0 Å². The van der Waals surface area contributed by atoms with E-state index in [0.717, 1.165) is 24.8 Å². The van der Waals surface area contributed by atoms with E-state index in [-0.39, 0.29) is 30.9 Å². The van der Waals surface area contributed by atoms with E-state index in [9.17, 15) is 19.2 Å². The average Bonchev–Trinajstić information content (AvgIpc) is 2.80. The third kappa shape index (κ3) is 8.56. The van der Waals surface area contributed by atoms with Crippen molar-refractivity contribution >= 4 is 23.8 Å². The summed E-state index contributed by atoms with van der Waals surface area (Å²) in [4.78, 5) is 53.0. The molecule has 0 saturated carbocycles. The normalized spacial score (nSPS) is 15.9. The molecule has 9 nitrogen and oxygen atoms in total. The second-order valence-corrected chi connectivity index (χ2v) is 10.0. The number of likely N-dealkylation sites (N-methyl/N-ethyl adjacent to an activating group) is 1. The van der Waals surface area contributed by atoms with Gasteiger partial charge in [-0.2, -0.15) is 0 Å². The third-order valence-corrected chi connectivity index (χ3v) is 5.94. The Labute approximate surface area is 208 Å². The fourth-order valence-electron chi connectivity index (χ4n) is 3.97. The number of amides is 4. The fraction of sp³-hybridized carbons (Fsp3) is 0.615. The fourth-order valence-corrected chi connectivity index (χ4v) is 3.97. The van der Waals surface area contributed by atoms with Crippen molar-refractivity contribution in [2.24, 2.45) is 0 Å². The summed E-state index contributed by atoms with van der Waals surface area (Å²) < 4.78 is 5.28. The number of fused-ring (bicyclic) bond motifs is 1. The largest absolute Gasteiger partial charge is 0.444 e. The van der Waals surface area contributed by atoms with Gasteiger partial charge in [-0.15, -0.1) is 0 Å². The zero-order chi connectivity index (χ0) is 26.2. The standard InChI is InChI=1S/C26H40N4O5/c1-7-15-30(17-22(31)28-21-14-10-12-19-11-8-9-13-20(19)21)23(32)16-27-24(33)18(2)29(6)25(34)35-26(3,4)5/h8-9,11,13,18,21H,7,10,12,14-17H2,1-6H3,(H,27,33)(H,28,31). The molecule has 1 aliphatic rings. The number of nitrogens with one attached hydrogen (secondary N) is 2. The summed E-state index contributed by atoms with van der Waals surface area (Å²) >= 11 is 0. The second kappa shape index (κ2) is 12.6. The van der Waals surface area contributed by atoms with Crippen molar-refractivity contribution in [3.05, 3.63) is 35.4 Å². The molecule has 9 heteroatoms. The van der Waals surface area contributed by atoms with E-state index >= 15 is 0 Å². The van der Waals surface area contributed by atoms with Gasteiger partial charge in [0.2, 0.25) is 17.7 Å². The molecule has 0 spiro atoms. The first kappa shape index (κ1) is 28.1. The molecule has 35 heavy (non-hydrogen) atoms. The van der Waals surface area contributed by atoms with E-state index in [4.69, 9.17) is 4.74 Å². The van der Waals surface area contributed by atoms with Gasteiger partial charge in [0.25, 0.3) is 0 Å². The van der Waals surface area contributed by atoms with Crippen molar-refractivity contribution in [2.75, 3.05) is 26.7 Å². The van der Waals surface area contributed by atoms with Gasteiger partial charge >= 0.3 is 6.09 Å². The molecule has 0 aromatic heterocycles. The minimum absolute atomic E-state index is 0.0602. The van der Waals surface area contributed by atoms with Gasteiger partial charge in [-0.1, -0.05) is 31.2 Å². The van der Waals surface area contributed by atoms with Crippen LogP contribution in [0.15, 0.2) is 24.3 Å². The molecule has 1 aromatic rings. The Kier molecular flexibility index (Phi) is 10.1. The molecule has 2 unspecified atom stereocenters. The van der Waals surface area contributed by atoms with Crippen LogP contribution in [0.5, 0.6) is 0 Å². The van der Waals surface area contributed by atoms with Gasteiger partial charge < -0.3 is 20.3 Å². The Hall–Kier alpha value is -3.10. The number of benzene rings is 1. The molecule has 0 bridgehead atoms. The molecule has 194 valence electrons. The monoisotopic (exact) mass is 488 g/mol. The van der Waals surface area contributed by atoms with Gasteiger partial charge in [0, 0.05) is 13.6 Å². The topological polar surface area (TPSA) is 108 Å². The number of hydrogen-bond acceptors (Lipinski definition) is 5. The van der Waals surface area contributed by atoms with Crippen LogP contribution >= 0.6 is 0 Å². The van der Waals surface area contributed by atoms with Crippen LogP contribution < -0.4 is 10.6 Å². The first-order valence-electron chi connectivity index (χ1n) is 12.3. The Bertz CT molecular complexity index is 911. The second-order valence-electron chi connectivity index (χ2n) is 10.0. The lowest BCUT2D eigenvalue weighted by molar-refractivity contribution is -0.137. The number of hydrogen-bond donors (Lipinski definition) is 2.